The second-order valence-electron chi connectivity index (χ2n) is 3.86. The van der Waals surface area contributed by atoms with Crippen LogP contribution in [0, 0.1) is 18.3 Å². The van der Waals surface area contributed by atoms with Gasteiger partial charge in [-0.15, -0.1) is 10.2 Å². The minimum absolute atomic E-state index is 0.339. The van der Waals surface area contributed by atoms with E-state index in [-0.39, 0.29) is 0 Å². The molecular formula is C12H13N5S. The maximum absolute atomic E-state index is 8.59. The maximum atomic E-state index is 8.59. The van der Waals surface area contributed by atoms with Gasteiger partial charge in [-0.3, -0.25) is 4.57 Å². The van der Waals surface area contributed by atoms with Gasteiger partial charge >= 0.3 is 0 Å². The van der Waals surface area contributed by atoms with Crippen molar-refractivity contribution in [3.63, 3.8) is 0 Å². The maximum Gasteiger partial charge on any atom is 0.223 e. The first-order valence-electron chi connectivity index (χ1n) is 5.44. The Hall–Kier alpha value is -2.00. The van der Waals surface area contributed by atoms with Crippen molar-refractivity contribution >= 4 is 17.7 Å². The third-order valence-electron chi connectivity index (χ3n) is 2.47. The predicted molar refractivity (Wildman–Crippen MR) is 71.1 cm³/mol. The molecule has 1 heterocycles. The van der Waals surface area contributed by atoms with Crippen LogP contribution in [0.5, 0.6) is 0 Å². The van der Waals surface area contributed by atoms with Crippen molar-refractivity contribution in [2.75, 3.05) is 11.5 Å². The summed E-state index contributed by atoms with van der Waals surface area (Å²) in [6.07, 6.45) is 0. The normalized spacial score (nSPS) is 10.2. The summed E-state index contributed by atoms with van der Waals surface area (Å²) < 4.78 is 1.81. The Morgan fingerprint density at radius 2 is 2.06 bits per heavy atom. The van der Waals surface area contributed by atoms with Gasteiger partial charge in [-0.1, -0.05) is 41.6 Å². The van der Waals surface area contributed by atoms with Crippen molar-refractivity contribution in [2.24, 2.45) is 0 Å². The van der Waals surface area contributed by atoms with Crippen molar-refractivity contribution in [2.45, 2.75) is 18.6 Å². The number of benzene rings is 1. The summed E-state index contributed by atoms with van der Waals surface area (Å²) >= 11 is 1.34. The minimum Gasteiger partial charge on any atom is -0.368 e. The second kappa shape index (κ2) is 5.56. The Labute approximate surface area is 110 Å². The van der Waals surface area contributed by atoms with Crippen LogP contribution >= 0.6 is 11.8 Å². The van der Waals surface area contributed by atoms with Gasteiger partial charge in [0.15, 0.2) is 5.16 Å². The van der Waals surface area contributed by atoms with Gasteiger partial charge in [-0.25, -0.2) is 0 Å². The molecule has 0 unspecified atom stereocenters. The molecule has 0 bridgehead atoms. The van der Waals surface area contributed by atoms with Crippen molar-refractivity contribution in [1.82, 2.24) is 14.8 Å². The van der Waals surface area contributed by atoms with Gasteiger partial charge in [0.1, 0.15) is 0 Å². The number of nitriles is 1. The van der Waals surface area contributed by atoms with E-state index in [9.17, 15) is 0 Å². The van der Waals surface area contributed by atoms with E-state index in [1.807, 2.05) is 23.6 Å². The summed E-state index contributed by atoms with van der Waals surface area (Å²) in [6, 6.07) is 10.3. The molecule has 0 spiro atoms. The molecule has 2 N–H and O–H groups in total. The lowest BCUT2D eigenvalue weighted by Crippen LogP contribution is -2.06. The standard InChI is InChI=1S/C12H13N5S/c1-9-2-4-10(5-3-9)8-17-11(14)15-16-12(17)18-7-6-13/h2-5H,7-8H2,1H3,(H2,14,15). The van der Waals surface area contributed by atoms with Crippen molar-refractivity contribution < 1.29 is 0 Å². The van der Waals surface area contributed by atoms with Gasteiger partial charge in [-0.2, -0.15) is 5.26 Å². The molecule has 0 amide bonds. The van der Waals surface area contributed by atoms with E-state index in [1.165, 1.54) is 17.3 Å². The number of nitrogens with two attached hydrogens (primary N) is 1. The molecule has 0 aliphatic carbocycles. The number of nitrogens with zero attached hydrogens (tertiary/aromatic N) is 4. The number of anilines is 1. The predicted octanol–water partition coefficient (Wildman–Crippen LogP) is 1.83. The zero-order valence-electron chi connectivity index (χ0n) is 10.00. The largest absolute Gasteiger partial charge is 0.368 e. The summed E-state index contributed by atoms with van der Waals surface area (Å²) in [6.45, 7) is 2.66. The van der Waals surface area contributed by atoms with Crippen LogP contribution in [0.4, 0.5) is 5.95 Å². The summed E-state index contributed by atoms with van der Waals surface area (Å²) in [7, 11) is 0. The van der Waals surface area contributed by atoms with Crippen molar-refractivity contribution in [3.05, 3.63) is 35.4 Å². The molecule has 18 heavy (non-hydrogen) atoms. The SMILES string of the molecule is Cc1ccc(Cn2c(N)nnc2SCC#N)cc1. The van der Waals surface area contributed by atoms with Gasteiger partial charge < -0.3 is 5.73 Å². The fourth-order valence-electron chi connectivity index (χ4n) is 1.53. The highest BCUT2D eigenvalue weighted by Crippen LogP contribution is 2.19. The first-order valence-corrected chi connectivity index (χ1v) is 6.43. The Bertz CT molecular complexity index is 567. The van der Waals surface area contributed by atoms with Crippen LogP contribution in [-0.2, 0) is 6.54 Å². The zero-order valence-corrected chi connectivity index (χ0v) is 10.8. The van der Waals surface area contributed by atoms with Crippen LogP contribution in [0.1, 0.15) is 11.1 Å². The molecule has 0 saturated carbocycles. The van der Waals surface area contributed by atoms with Gasteiger partial charge in [-0.05, 0) is 12.5 Å². The van der Waals surface area contributed by atoms with Crippen LogP contribution in [0.3, 0.4) is 0 Å². The molecule has 2 rings (SSSR count). The Balaban J connectivity index is 2.20. The van der Waals surface area contributed by atoms with Gasteiger partial charge in [0.2, 0.25) is 5.95 Å². The Morgan fingerprint density at radius 3 is 2.72 bits per heavy atom. The van der Waals surface area contributed by atoms with E-state index in [2.05, 4.69) is 28.4 Å². The molecule has 92 valence electrons. The number of rotatable bonds is 4. The first kappa shape index (κ1) is 12.5. The van der Waals surface area contributed by atoms with E-state index in [4.69, 9.17) is 11.0 Å². The highest BCUT2D eigenvalue weighted by Gasteiger charge is 2.10. The van der Waals surface area contributed by atoms with Crippen LogP contribution in [0.15, 0.2) is 29.4 Å². The van der Waals surface area contributed by atoms with E-state index >= 15 is 0 Å². The number of hydrogen-bond donors (Lipinski definition) is 1. The number of aryl methyl sites for hydroxylation is 1. The lowest BCUT2D eigenvalue weighted by molar-refractivity contribution is 0.717. The van der Waals surface area contributed by atoms with E-state index in [0.29, 0.717) is 23.4 Å². The molecule has 0 aliphatic heterocycles. The fraction of sp³-hybridized carbons (Fsp3) is 0.250. The Morgan fingerprint density at radius 1 is 1.33 bits per heavy atom. The van der Waals surface area contributed by atoms with Gasteiger partial charge in [0.25, 0.3) is 0 Å². The van der Waals surface area contributed by atoms with Crippen LogP contribution < -0.4 is 5.73 Å². The fourth-order valence-corrected chi connectivity index (χ4v) is 2.13. The summed E-state index contributed by atoms with van der Waals surface area (Å²) in [5.74, 6) is 0.711. The molecule has 5 nitrogen and oxygen atoms in total. The first-order chi connectivity index (χ1) is 8.70. The highest BCUT2D eigenvalue weighted by molar-refractivity contribution is 7.99. The van der Waals surface area contributed by atoms with Crippen LogP contribution in [0.25, 0.3) is 0 Å². The molecule has 1 aromatic carbocycles. The number of aromatic nitrogens is 3. The number of thioether (sulfide) groups is 1. The van der Waals surface area contributed by atoms with Crippen molar-refractivity contribution in [1.29, 1.82) is 5.26 Å². The highest BCUT2D eigenvalue weighted by atomic mass is 32.2. The Kier molecular flexibility index (Phi) is 3.85. The number of hydrogen-bond acceptors (Lipinski definition) is 5. The summed E-state index contributed by atoms with van der Waals surface area (Å²) in [5.41, 5.74) is 8.13. The molecule has 1 aromatic heterocycles. The van der Waals surface area contributed by atoms with E-state index in [0.717, 1.165) is 5.56 Å². The molecule has 0 saturated heterocycles. The number of nitrogen functional groups attached to an aromatic ring is 1. The molecule has 0 fully saturated rings. The van der Waals surface area contributed by atoms with E-state index < -0.39 is 0 Å². The molecule has 6 heteroatoms. The zero-order chi connectivity index (χ0) is 13.0. The summed E-state index contributed by atoms with van der Waals surface area (Å²) in [5, 5.41) is 17.1. The lowest BCUT2D eigenvalue weighted by Gasteiger charge is -2.07. The third kappa shape index (κ3) is 2.81. The molecule has 0 atom stereocenters. The molecule has 0 aliphatic rings. The quantitative estimate of drug-likeness (QED) is 0.847. The van der Waals surface area contributed by atoms with E-state index in [1.54, 1.807) is 0 Å². The monoisotopic (exact) mass is 259 g/mol. The average molecular weight is 259 g/mol. The lowest BCUT2D eigenvalue weighted by atomic mass is 10.1. The molecular weight excluding hydrogens is 246 g/mol. The topological polar surface area (TPSA) is 80.5 Å². The van der Waals surface area contributed by atoms with Crippen LogP contribution in [-0.4, -0.2) is 20.5 Å². The molecule has 2 aromatic rings. The smallest absolute Gasteiger partial charge is 0.223 e. The minimum atomic E-state index is 0.339. The van der Waals surface area contributed by atoms with Gasteiger partial charge in [0.05, 0.1) is 18.4 Å². The third-order valence-corrected chi connectivity index (χ3v) is 3.31. The summed E-state index contributed by atoms with van der Waals surface area (Å²) in [4.78, 5) is 0. The average Bonchev–Trinajstić information content (AvgIpc) is 2.71. The molecule has 0 radical (unpaired) electrons. The van der Waals surface area contributed by atoms with Crippen molar-refractivity contribution in [3.8, 4) is 6.07 Å². The van der Waals surface area contributed by atoms with Crippen LogP contribution in [0.2, 0.25) is 0 Å². The second-order valence-corrected chi connectivity index (χ2v) is 4.80. The van der Waals surface area contributed by atoms with Gasteiger partial charge in [0, 0.05) is 0 Å².